The van der Waals surface area contributed by atoms with Gasteiger partial charge in [0, 0.05) is 23.5 Å². The summed E-state index contributed by atoms with van der Waals surface area (Å²) in [5.41, 5.74) is 2.55. The van der Waals surface area contributed by atoms with Gasteiger partial charge < -0.3 is 0 Å². The molecular weight excluding hydrogens is 255 g/mol. The van der Waals surface area contributed by atoms with Crippen LogP contribution >= 0.6 is 23.2 Å². The van der Waals surface area contributed by atoms with E-state index in [1.165, 1.54) is 0 Å². The Balaban J connectivity index is 2.50. The summed E-state index contributed by atoms with van der Waals surface area (Å²) in [6.07, 6.45) is 3.71. The van der Waals surface area contributed by atoms with E-state index in [1.54, 1.807) is 18.5 Å². The fraction of sp³-hybridized carbons (Fsp3) is 0.0769. The highest BCUT2D eigenvalue weighted by Crippen LogP contribution is 2.33. The molecule has 0 atom stereocenters. The summed E-state index contributed by atoms with van der Waals surface area (Å²) in [6.45, 7) is 0. The highest BCUT2D eigenvalue weighted by Gasteiger charge is 2.07. The Morgan fingerprint density at radius 1 is 1.24 bits per heavy atom. The van der Waals surface area contributed by atoms with Gasteiger partial charge in [0.2, 0.25) is 0 Å². The van der Waals surface area contributed by atoms with E-state index in [0.717, 1.165) is 16.7 Å². The maximum atomic E-state index is 8.65. The van der Waals surface area contributed by atoms with Gasteiger partial charge >= 0.3 is 0 Å². The molecular formula is C13H8Cl2N2. The van der Waals surface area contributed by atoms with Crippen LogP contribution in [0.4, 0.5) is 0 Å². The fourth-order valence-electron chi connectivity index (χ4n) is 1.55. The van der Waals surface area contributed by atoms with Crippen molar-refractivity contribution in [2.45, 2.75) is 6.42 Å². The zero-order chi connectivity index (χ0) is 12.3. The monoisotopic (exact) mass is 262 g/mol. The van der Waals surface area contributed by atoms with E-state index >= 15 is 0 Å². The quantitative estimate of drug-likeness (QED) is 0.817. The van der Waals surface area contributed by atoms with E-state index in [2.05, 4.69) is 11.1 Å². The molecule has 84 valence electrons. The zero-order valence-electron chi connectivity index (χ0n) is 8.82. The molecule has 0 amide bonds. The maximum Gasteiger partial charge on any atom is 0.0671 e. The van der Waals surface area contributed by atoms with Crippen LogP contribution in [0.5, 0.6) is 0 Å². The van der Waals surface area contributed by atoms with Crippen LogP contribution in [0.25, 0.3) is 11.1 Å². The summed E-state index contributed by atoms with van der Waals surface area (Å²) in [5, 5.41) is 9.67. The Kier molecular flexibility index (Phi) is 3.63. The first-order valence-electron chi connectivity index (χ1n) is 4.97. The molecule has 1 aromatic heterocycles. The van der Waals surface area contributed by atoms with E-state index < -0.39 is 0 Å². The van der Waals surface area contributed by atoms with Crippen LogP contribution in [0.3, 0.4) is 0 Å². The minimum absolute atomic E-state index is 0.332. The van der Waals surface area contributed by atoms with Crippen molar-refractivity contribution < 1.29 is 0 Å². The van der Waals surface area contributed by atoms with E-state index in [1.807, 2.05) is 18.2 Å². The molecule has 0 saturated carbocycles. The number of halogens is 2. The lowest BCUT2D eigenvalue weighted by molar-refractivity contribution is 1.19. The minimum Gasteiger partial charge on any atom is -0.264 e. The van der Waals surface area contributed by atoms with Gasteiger partial charge in [-0.05, 0) is 17.7 Å². The molecule has 0 aliphatic heterocycles. The third-order valence-electron chi connectivity index (χ3n) is 2.34. The topological polar surface area (TPSA) is 36.7 Å². The van der Waals surface area contributed by atoms with Crippen LogP contribution < -0.4 is 0 Å². The number of hydrogen-bond acceptors (Lipinski definition) is 2. The van der Waals surface area contributed by atoms with E-state index in [0.29, 0.717) is 16.5 Å². The number of nitrogens with zero attached hydrogens (tertiary/aromatic N) is 2. The molecule has 0 aliphatic carbocycles. The fourth-order valence-corrected chi connectivity index (χ4v) is 1.96. The lowest BCUT2D eigenvalue weighted by Crippen LogP contribution is -1.87. The molecule has 0 aliphatic rings. The van der Waals surface area contributed by atoms with Gasteiger partial charge in [0.05, 0.1) is 22.5 Å². The zero-order valence-corrected chi connectivity index (χ0v) is 10.3. The van der Waals surface area contributed by atoms with E-state index in [4.69, 9.17) is 28.5 Å². The molecule has 0 bridgehead atoms. The first-order chi connectivity index (χ1) is 8.22. The molecule has 0 spiro atoms. The number of nitriles is 1. The third-order valence-corrected chi connectivity index (χ3v) is 3.16. The van der Waals surface area contributed by atoms with Crippen molar-refractivity contribution in [2.24, 2.45) is 0 Å². The Hall–Kier alpha value is -1.56. The van der Waals surface area contributed by atoms with Crippen LogP contribution in [0.1, 0.15) is 5.56 Å². The second-order valence-corrected chi connectivity index (χ2v) is 4.30. The molecule has 4 heteroatoms. The highest BCUT2D eigenvalue weighted by atomic mass is 35.5. The number of benzene rings is 1. The molecule has 0 N–H and O–H groups in total. The Morgan fingerprint density at radius 2 is 2.06 bits per heavy atom. The maximum absolute atomic E-state index is 8.65. The molecule has 2 rings (SSSR count). The van der Waals surface area contributed by atoms with Crippen molar-refractivity contribution >= 4 is 23.2 Å². The van der Waals surface area contributed by atoms with Gasteiger partial charge in [0.15, 0.2) is 0 Å². The number of aromatic nitrogens is 1. The van der Waals surface area contributed by atoms with Crippen molar-refractivity contribution in [3.63, 3.8) is 0 Å². The van der Waals surface area contributed by atoms with Crippen molar-refractivity contribution in [1.29, 1.82) is 5.26 Å². The third kappa shape index (κ3) is 2.58. The Morgan fingerprint density at radius 3 is 2.82 bits per heavy atom. The summed E-state index contributed by atoms with van der Waals surface area (Å²) >= 11 is 12.1. The second-order valence-electron chi connectivity index (χ2n) is 3.52. The van der Waals surface area contributed by atoms with Crippen LogP contribution in [-0.4, -0.2) is 4.98 Å². The molecule has 2 aromatic rings. The van der Waals surface area contributed by atoms with Crippen LogP contribution in [0.15, 0.2) is 36.7 Å². The number of pyridine rings is 1. The standard InChI is InChI=1S/C13H8Cl2N2/c14-12-3-1-2-11(13(12)15)10-6-9(4-5-16)7-17-8-10/h1-3,6-8H,4H2. The van der Waals surface area contributed by atoms with Gasteiger partial charge in [-0.25, -0.2) is 0 Å². The molecule has 0 radical (unpaired) electrons. The van der Waals surface area contributed by atoms with Gasteiger partial charge in [-0.3, -0.25) is 4.98 Å². The van der Waals surface area contributed by atoms with Crippen molar-refractivity contribution in [3.8, 4) is 17.2 Å². The summed E-state index contributed by atoms with van der Waals surface area (Å²) in [7, 11) is 0. The summed E-state index contributed by atoms with van der Waals surface area (Å²) in [6, 6.07) is 9.43. The molecule has 0 saturated heterocycles. The molecule has 0 unspecified atom stereocenters. The SMILES string of the molecule is N#CCc1cncc(-c2cccc(Cl)c2Cl)c1. The van der Waals surface area contributed by atoms with Crippen LogP contribution in [0, 0.1) is 11.3 Å². The van der Waals surface area contributed by atoms with E-state index in [9.17, 15) is 0 Å². The molecule has 1 heterocycles. The lowest BCUT2D eigenvalue weighted by atomic mass is 10.1. The molecule has 17 heavy (non-hydrogen) atoms. The lowest BCUT2D eigenvalue weighted by Gasteiger charge is -2.06. The minimum atomic E-state index is 0.332. The summed E-state index contributed by atoms with van der Waals surface area (Å²) in [4.78, 5) is 4.10. The highest BCUT2D eigenvalue weighted by molar-refractivity contribution is 6.43. The summed E-state index contributed by atoms with van der Waals surface area (Å²) in [5.74, 6) is 0. The second kappa shape index (κ2) is 5.18. The molecule has 2 nitrogen and oxygen atoms in total. The van der Waals surface area contributed by atoms with Crippen molar-refractivity contribution in [3.05, 3.63) is 52.3 Å². The van der Waals surface area contributed by atoms with Crippen LogP contribution in [0.2, 0.25) is 10.0 Å². The Labute approximate surface area is 109 Å². The van der Waals surface area contributed by atoms with Crippen LogP contribution in [-0.2, 0) is 6.42 Å². The van der Waals surface area contributed by atoms with Gasteiger partial charge in [-0.1, -0.05) is 35.3 Å². The largest absolute Gasteiger partial charge is 0.264 e. The smallest absolute Gasteiger partial charge is 0.0671 e. The van der Waals surface area contributed by atoms with Gasteiger partial charge in [0.25, 0.3) is 0 Å². The Bertz CT molecular complexity index is 588. The van der Waals surface area contributed by atoms with Crippen molar-refractivity contribution in [2.75, 3.05) is 0 Å². The molecule has 1 aromatic carbocycles. The predicted octanol–water partition coefficient (Wildman–Crippen LogP) is 4.12. The average Bonchev–Trinajstić information content (AvgIpc) is 2.33. The number of rotatable bonds is 2. The van der Waals surface area contributed by atoms with E-state index in [-0.39, 0.29) is 0 Å². The average molecular weight is 263 g/mol. The number of hydrogen-bond donors (Lipinski definition) is 0. The normalized spacial score (nSPS) is 9.94. The summed E-state index contributed by atoms with van der Waals surface area (Å²) < 4.78 is 0. The van der Waals surface area contributed by atoms with Gasteiger partial charge in [-0.15, -0.1) is 0 Å². The first-order valence-corrected chi connectivity index (χ1v) is 5.73. The van der Waals surface area contributed by atoms with Gasteiger partial charge in [-0.2, -0.15) is 5.26 Å². The first kappa shape index (κ1) is 11.9. The van der Waals surface area contributed by atoms with Crippen molar-refractivity contribution in [1.82, 2.24) is 4.98 Å². The molecule has 0 fully saturated rings. The predicted molar refractivity (Wildman–Crippen MR) is 69.0 cm³/mol. The van der Waals surface area contributed by atoms with Gasteiger partial charge in [0.1, 0.15) is 0 Å².